The zero-order chi connectivity index (χ0) is 11.7. The van der Waals surface area contributed by atoms with Crippen molar-refractivity contribution in [3.8, 4) is 0 Å². The molecule has 16 heavy (non-hydrogen) atoms. The van der Waals surface area contributed by atoms with Gasteiger partial charge in [-0.3, -0.25) is 4.79 Å². The Morgan fingerprint density at radius 1 is 1.44 bits per heavy atom. The van der Waals surface area contributed by atoms with Gasteiger partial charge in [0.2, 0.25) is 5.91 Å². The third kappa shape index (κ3) is 1.88. The van der Waals surface area contributed by atoms with Gasteiger partial charge < -0.3 is 10.2 Å². The van der Waals surface area contributed by atoms with Gasteiger partial charge >= 0.3 is 0 Å². The smallest absolute Gasteiger partial charge is 0.246 e. The van der Waals surface area contributed by atoms with Gasteiger partial charge in [-0.1, -0.05) is 29.3 Å². The molecule has 1 aliphatic rings. The number of amides is 1. The fourth-order valence-electron chi connectivity index (χ4n) is 1.63. The quantitative estimate of drug-likeness (QED) is 0.826. The molecule has 1 heterocycles. The topological polar surface area (TPSA) is 32.3 Å². The van der Waals surface area contributed by atoms with E-state index in [1.165, 1.54) is 0 Å². The van der Waals surface area contributed by atoms with Crippen LogP contribution in [-0.2, 0) is 4.79 Å². The van der Waals surface area contributed by atoms with Gasteiger partial charge in [0, 0.05) is 6.54 Å². The normalized spacial score (nSPS) is 14.4. The molecule has 0 bridgehead atoms. The molecule has 0 spiro atoms. The second-order valence-electron chi connectivity index (χ2n) is 3.43. The van der Waals surface area contributed by atoms with Crippen LogP contribution in [0.3, 0.4) is 0 Å². The predicted molar refractivity (Wildman–Crippen MR) is 67.5 cm³/mol. The lowest BCUT2D eigenvalue weighted by Gasteiger charge is -2.29. The number of hydrogen-bond donors (Lipinski definition) is 1. The Balaban J connectivity index is 2.50. The van der Waals surface area contributed by atoms with E-state index in [4.69, 9.17) is 23.2 Å². The van der Waals surface area contributed by atoms with Crippen LogP contribution < -0.4 is 10.2 Å². The average Bonchev–Trinajstić information content (AvgIpc) is 2.25. The number of carbonyl (C=O) groups excluding carboxylic acids is 1. The first-order chi connectivity index (χ1) is 7.63. The van der Waals surface area contributed by atoms with E-state index in [0.717, 1.165) is 11.4 Å². The summed E-state index contributed by atoms with van der Waals surface area (Å²) in [5, 5.41) is 3.91. The summed E-state index contributed by atoms with van der Waals surface area (Å²) in [6.45, 7) is 4.36. The van der Waals surface area contributed by atoms with Gasteiger partial charge in [-0.15, -0.1) is 6.58 Å². The van der Waals surface area contributed by atoms with Crippen molar-refractivity contribution >= 4 is 40.5 Å². The monoisotopic (exact) mass is 256 g/mol. The van der Waals surface area contributed by atoms with Crippen LogP contribution in [0.5, 0.6) is 0 Å². The van der Waals surface area contributed by atoms with E-state index in [-0.39, 0.29) is 12.5 Å². The van der Waals surface area contributed by atoms with Gasteiger partial charge in [0.15, 0.2) is 0 Å². The van der Waals surface area contributed by atoms with Crippen LogP contribution in [0.15, 0.2) is 24.8 Å². The Morgan fingerprint density at radius 2 is 2.12 bits per heavy atom. The molecule has 5 heteroatoms. The molecular weight excluding hydrogens is 247 g/mol. The van der Waals surface area contributed by atoms with Gasteiger partial charge in [0.05, 0.1) is 28.0 Å². The molecule has 3 nitrogen and oxygen atoms in total. The standard InChI is InChI=1S/C11H10Cl2N2O/c1-2-3-15-10-5-8(13)7(12)4-9(10)14-6-11(15)16/h2,4-5,14H,1,3,6H2. The number of carbonyl (C=O) groups is 1. The summed E-state index contributed by atoms with van der Waals surface area (Å²) >= 11 is 11.8. The highest BCUT2D eigenvalue weighted by molar-refractivity contribution is 6.42. The second kappa shape index (κ2) is 4.36. The largest absolute Gasteiger partial charge is 0.374 e. The maximum absolute atomic E-state index is 11.7. The van der Waals surface area contributed by atoms with Gasteiger partial charge in [0.25, 0.3) is 0 Å². The molecule has 1 aliphatic heterocycles. The summed E-state index contributed by atoms with van der Waals surface area (Å²) in [4.78, 5) is 13.3. The third-order valence-corrected chi connectivity index (χ3v) is 3.09. The molecule has 0 atom stereocenters. The minimum Gasteiger partial charge on any atom is -0.374 e. The van der Waals surface area contributed by atoms with Gasteiger partial charge in [-0.25, -0.2) is 0 Å². The van der Waals surface area contributed by atoms with Crippen molar-refractivity contribution in [2.24, 2.45) is 0 Å². The summed E-state index contributed by atoms with van der Waals surface area (Å²) in [6.07, 6.45) is 1.68. The van der Waals surface area contributed by atoms with Crippen LogP contribution in [0.4, 0.5) is 11.4 Å². The van der Waals surface area contributed by atoms with Crippen molar-refractivity contribution in [3.05, 3.63) is 34.8 Å². The van der Waals surface area contributed by atoms with Crippen molar-refractivity contribution in [3.63, 3.8) is 0 Å². The zero-order valence-electron chi connectivity index (χ0n) is 8.46. The van der Waals surface area contributed by atoms with Gasteiger partial charge in [-0.05, 0) is 12.1 Å². The number of halogens is 2. The first-order valence-corrected chi connectivity index (χ1v) is 5.53. The SMILES string of the molecule is C=CCN1C(=O)CNc2cc(Cl)c(Cl)cc21. The molecule has 1 aromatic rings. The highest BCUT2D eigenvalue weighted by Gasteiger charge is 2.23. The van der Waals surface area contributed by atoms with E-state index in [1.807, 2.05) is 0 Å². The molecule has 1 aromatic carbocycles. The summed E-state index contributed by atoms with van der Waals surface area (Å²) in [5.41, 5.74) is 1.56. The van der Waals surface area contributed by atoms with Gasteiger partial charge in [0.1, 0.15) is 0 Å². The van der Waals surface area contributed by atoms with E-state index in [0.29, 0.717) is 16.6 Å². The predicted octanol–water partition coefficient (Wildman–Crippen LogP) is 2.94. The Morgan fingerprint density at radius 3 is 2.81 bits per heavy atom. The lowest BCUT2D eigenvalue weighted by Crippen LogP contribution is -2.39. The van der Waals surface area contributed by atoms with E-state index in [2.05, 4.69) is 11.9 Å². The minimum absolute atomic E-state index is 0.00853. The lowest BCUT2D eigenvalue weighted by molar-refractivity contribution is -0.117. The number of benzene rings is 1. The van der Waals surface area contributed by atoms with Crippen LogP contribution in [0.25, 0.3) is 0 Å². The fraction of sp³-hybridized carbons (Fsp3) is 0.182. The number of nitrogens with one attached hydrogen (secondary N) is 1. The molecule has 0 radical (unpaired) electrons. The molecule has 84 valence electrons. The fourth-order valence-corrected chi connectivity index (χ4v) is 1.95. The van der Waals surface area contributed by atoms with Crippen LogP contribution in [-0.4, -0.2) is 19.0 Å². The Hall–Kier alpha value is -1.19. The highest BCUT2D eigenvalue weighted by Crippen LogP contribution is 2.36. The highest BCUT2D eigenvalue weighted by atomic mass is 35.5. The van der Waals surface area contributed by atoms with E-state index in [9.17, 15) is 4.79 Å². The van der Waals surface area contributed by atoms with E-state index >= 15 is 0 Å². The number of anilines is 2. The summed E-state index contributed by atoms with van der Waals surface area (Å²) in [7, 11) is 0. The second-order valence-corrected chi connectivity index (χ2v) is 4.24. The number of fused-ring (bicyclic) bond motifs is 1. The summed E-state index contributed by atoms with van der Waals surface area (Å²) < 4.78 is 0. The minimum atomic E-state index is -0.00853. The van der Waals surface area contributed by atoms with E-state index in [1.54, 1.807) is 23.1 Å². The molecule has 0 unspecified atom stereocenters. The molecule has 2 rings (SSSR count). The molecule has 0 fully saturated rings. The van der Waals surface area contributed by atoms with Crippen LogP contribution in [0.2, 0.25) is 10.0 Å². The molecule has 1 N–H and O–H groups in total. The maximum atomic E-state index is 11.7. The third-order valence-electron chi connectivity index (χ3n) is 2.37. The first-order valence-electron chi connectivity index (χ1n) is 4.77. The Kier molecular flexibility index (Phi) is 3.08. The van der Waals surface area contributed by atoms with Crippen LogP contribution in [0.1, 0.15) is 0 Å². The average molecular weight is 257 g/mol. The van der Waals surface area contributed by atoms with Crippen molar-refractivity contribution in [1.82, 2.24) is 0 Å². The van der Waals surface area contributed by atoms with Crippen LogP contribution >= 0.6 is 23.2 Å². The first kappa shape index (κ1) is 11.3. The van der Waals surface area contributed by atoms with Crippen molar-refractivity contribution in [1.29, 1.82) is 0 Å². The van der Waals surface area contributed by atoms with Crippen molar-refractivity contribution in [2.45, 2.75) is 0 Å². The molecule has 0 aromatic heterocycles. The van der Waals surface area contributed by atoms with Crippen LogP contribution in [0, 0.1) is 0 Å². The van der Waals surface area contributed by atoms with Crippen molar-refractivity contribution in [2.75, 3.05) is 23.3 Å². The maximum Gasteiger partial charge on any atom is 0.246 e. The Labute approximate surface area is 104 Å². The van der Waals surface area contributed by atoms with Gasteiger partial charge in [-0.2, -0.15) is 0 Å². The molecular formula is C11H10Cl2N2O. The van der Waals surface area contributed by atoms with E-state index < -0.39 is 0 Å². The number of nitrogens with zero attached hydrogens (tertiary/aromatic N) is 1. The van der Waals surface area contributed by atoms with Crippen molar-refractivity contribution < 1.29 is 4.79 Å². The molecule has 0 aliphatic carbocycles. The zero-order valence-corrected chi connectivity index (χ0v) is 9.98. The number of hydrogen-bond acceptors (Lipinski definition) is 2. The number of rotatable bonds is 2. The molecule has 0 saturated heterocycles. The molecule has 1 amide bonds. The summed E-state index contributed by atoms with van der Waals surface area (Å²) in [5.74, 6) is -0.00853. The Bertz CT molecular complexity index is 460. The summed E-state index contributed by atoms with van der Waals surface area (Å²) in [6, 6.07) is 3.41. The lowest BCUT2D eigenvalue weighted by atomic mass is 10.2. The molecule has 0 saturated carbocycles.